The Labute approximate surface area is 131 Å². The van der Waals surface area contributed by atoms with Crippen molar-refractivity contribution in [1.29, 1.82) is 0 Å². The summed E-state index contributed by atoms with van der Waals surface area (Å²) in [6.45, 7) is 8.86. The van der Waals surface area contributed by atoms with Crippen LogP contribution < -0.4 is 10.6 Å². The molecule has 4 nitrogen and oxygen atoms in total. The number of benzene rings is 1. The summed E-state index contributed by atoms with van der Waals surface area (Å²) >= 11 is 0. The lowest BCUT2D eigenvalue weighted by Gasteiger charge is -2.14. The largest absolute Gasteiger partial charge is 0.380 e. The fourth-order valence-electron chi connectivity index (χ4n) is 1.96. The monoisotopic (exact) mass is 313 g/mol. The van der Waals surface area contributed by atoms with Crippen LogP contribution >= 0.6 is 0 Å². The Morgan fingerprint density at radius 2 is 2.05 bits per heavy atom. The Bertz CT molecular complexity index is 480. The average molecular weight is 313 g/mol. The molecule has 6 heteroatoms. The molecule has 1 unspecified atom stereocenters. The second kappa shape index (κ2) is 10.1. The van der Waals surface area contributed by atoms with Crippen molar-refractivity contribution in [2.45, 2.75) is 26.7 Å². The van der Waals surface area contributed by atoms with E-state index in [1.54, 1.807) is 0 Å². The third-order valence-electron chi connectivity index (χ3n) is 3.10. The molecule has 0 spiro atoms. The lowest BCUT2D eigenvalue weighted by atomic mass is 10.0. The molecule has 0 aliphatic heterocycles. The highest BCUT2D eigenvalue weighted by atomic mass is 19.1. The van der Waals surface area contributed by atoms with E-state index in [1.165, 1.54) is 12.1 Å². The van der Waals surface area contributed by atoms with Crippen LogP contribution in [0.5, 0.6) is 0 Å². The van der Waals surface area contributed by atoms with Gasteiger partial charge in [0.15, 0.2) is 5.96 Å². The zero-order valence-electron chi connectivity index (χ0n) is 13.5. The first kappa shape index (κ1) is 18.4. The van der Waals surface area contributed by atoms with E-state index in [0.29, 0.717) is 37.8 Å². The smallest absolute Gasteiger partial charge is 0.191 e. The first-order valence-electron chi connectivity index (χ1n) is 7.63. The number of halogens is 2. The second-order valence-electron chi connectivity index (χ2n) is 4.91. The summed E-state index contributed by atoms with van der Waals surface area (Å²) in [4.78, 5) is 4.43. The number of ether oxygens (including phenoxy) is 1. The predicted octanol–water partition coefficient (Wildman–Crippen LogP) is 2.66. The molecule has 0 bridgehead atoms. The lowest BCUT2D eigenvalue weighted by Crippen LogP contribution is -2.39. The van der Waals surface area contributed by atoms with Crippen LogP contribution in [0, 0.1) is 11.6 Å². The average Bonchev–Trinajstić information content (AvgIpc) is 2.48. The minimum atomic E-state index is -0.567. The summed E-state index contributed by atoms with van der Waals surface area (Å²) in [5.41, 5.74) is 0.468. The van der Waals surface area contributed by atoms with E-state index in [-0.39, 0.29) is 5.92 Å². The van der Waals surface area contributed by atoms with Gasteiger partial charge in [-0.15, -0.1) is 0 Å². The predicted molar refractivity (Wildman–Crippen MR) is 85.2 cm³/mol. The Balaban J connectivity index is 2.60. The summed E-state index contributed by atoms with van der Waals surface area (Å²) in [5, 5.41) is 6.27. The van der Waals surface area contributed by atoms with E-state index >= 15 is 0 Å². The molecule has 0 aliphatic rings. The van der Waals surface area contributed by atoms with E-state index < -0.39 is 11.6 Å². The Hall–Kier alpha value is -1.69. The highest BCUT2D eigenvalue weighted by Gasteiger charge is 2.11. The van der Waals surface area contributed by atoms with E-state index in [4.69, 9.17) is 4.74 Å². The molecule has 0 saturated heterocycles. The van der Waals surface area contributed by atoms with E-state index in [1.807, 2.05) is 20.8 Å². The van der Waals surface area contributed by atoms with Crippen LogP contribution in [0.25, 0.3) is 0 Å². The molecule has 1 aromatic rings. The van der Waals surface area contributed by atoms with Gasteiger partial charge in [-0.05, 0) is 25.5 Å². The summed E-state index contributed by atoms with van der Waals surface area (Å²) in [6, 6.07) is 3.64. The number of aliphatic imine (C=N–C) groups is 1. The van der Waals surface area contributed by atoms with Crippen molar-refractivity contribution in [3.8, 4) is 0 Å². The van der Waals surface area contributed by atoms with Gasteiger partial charge in [-0.3, -0.25) is 4.99 Å². The molecular formula is C16H25F2N3O. The second-order valence-corrected chi connectivity index (χ2v) is 4.91. The summed E-state index contributed by atoms with van der Waals surface area (Å²) in [6.07, 6.45) is 0. The van der Waals surface area contributed by atoms with Crippen molar-refractivity contribution in [1.82, 2.24) is 10.6 Å². The van der Waals surface area contributed by atoms with Crippen LogP contribution in [0.4, 0.5) is 8.78 Å². The molecule has 0 amide bonds. The first-order valence-corrected chi connectivity index (χ1v) is 7.63. The summed E-state index contributed by atoms with van der Waals surface area (Å²) in [7, 11) is 0. The van der Waals surface area contributed by atoms with Gasteiger partial charge in [-0.1, -0.05) is 13.0 Å². The minimum Gasteiger partial charge on any atom is -0.380 e. The molecule has 1 atom stereocenters. The first-order chi connectivity index (χ1) is 10.6. The van der Waals surface area contributed by atoms with Crippen molar-refractivity contribution >= 4 is 5.96 Å². The van der Waals surface area contributed by atoms with E-state index in [9.17, 15) is 8.78 Å². The van der Waals surface area contributed by atoms with Gasteiger partial charge in [-0.2, -0.15) is 0 Å². The summed E-state index contributed by atoms with van der Waals surface area (Å²) < 4.78 is 31.9. The Morgan fingerprint density at radius 3 is 2.68 bits per heavy atom. The highest BCUT2D eigenvalue weighted by molar-refractivity contribution is 5.79. The van der Waals surface area contributed by atoms with Gasteiger partial charge in [0.2, 0.25) is 0 Å². The zero-order chi connectivity index (χ0) is 16.4. The summed E-state index contributed by atoms with van der Waals surface area (Å²) in [5.74, 6) is -0.570. The van der Waals surface area contributed by atoms with Gasteiger partial charge in [0, 0.05) is 38.2 Å². The maximum absolute atomic E-state index is 13.7. The number of hydrogen-bond donors (Lipinski definition) is 2. The highest BCUT2D eigenvalue weighted by Crippen LogP contribution is 2.19. The van der Waals surface area contributed by atoms with Crippen LogP contribution in [-0.4, -0.2) is 38.8 Å². The quantitative estimate of drug-likeness (QED) is 0.441. The molecule has 0 aliphatic carbocycles. The standard InChI is InChI=1S/C16H25F2N3O/c1-4-19-16(20-8-9-22-5-2)21-11-12(3)14-7-6-13(17)10-15(14)18/h6-7,10,12H,4-5,8-9,11H2,1-3H3,(H2,19,20,21). The normalized spacial score (nSPS) is 13.0. The molecule has 0 saturated carbocycles. The van der Waals surface area contributed by atoms with Crippen molar-refractivity contribution in [3.05, 3.63) is 35.4 Å². The van der Waals surface area contributed by atoms with Crippen LogP contribution in [0.3, 0.4) is 0 Å². The minimum absolute atomic E-state index is 0.136. The topological polar surface area (TPSA) is 45.7 Å². The molecular weight excluding hydrogens is 288 g/mol. The number of nitrogens with zero attached hydrogens (tertiary/aromatic N) is 1. The lowest BCUT2D eigenvalue weighted by molar-refractivity contribution is 0.152. The molecule has 2 N–H and O–H groups in total. The van der Waals surface area contributed by atoms with Gasteiger partial charge in [-0.25, -0.2) is 8.78 Å². The van der Waals surface area contributed by atoms with Gasteiger partial charge >= 0.3 is 0 Å². The molecule has 124 valence electrons. The number of hydrogen-bond acceptors (Lipinski definition) is 2. The molecule has 0 heterocycles. The third-order valence-corrected chi connectivity index (χ3v) is 3.10. The number of nitrogens with one attached hydrogen (secondary N) is 2. The fourth-order valence-corrected chi connectivity index (χ4v) is 1.96. The van der Waals surface area contributed by atoms with E-state index in [0.717, 1.165) is 12.6 Å². The zero-order valence-corrected chi connectivity index (χ0v) is 13.5. The van der Waals surface area contributed by atoms with Gasteiger partial charge in [0.05, 0.1) is 6.61 Å². The number of guanidine groups is 1. The van der Waals surface area contributed by atoms with Crippen molar-refractivity contribution < 1.29 is 13.5 Å². The molecule has 0 radical (unpaired) electrons. The van der Waals surface area contributed by atoms with Crippen molar-refractivity contribution in [3.63, 3.8) is 0 Å². The molecule has 22 heavy (non-hydrogen) atoms. The Morgan fingerprint density at radius 1 is 1.27 bits per heavy atom. The van der Waals surface area contributed by atoms with Gasteiger partial charge < -0.3 is 15.4 Å². The molecule has 0 fully saturated rings. The van der Waals surface area contributed by atoms with Crippen LogP contribution in [-0.2, 0) is 4.74 Å². The van der Waals surface area contributed by atoms with Crippen LogP contribution in [0.1, 0.15) is 32.3 Å². The van der Waals surface area contributed by atoms with Gasteiger partial charge in [0.25, 0.3) is 0 Å². The molecule has 1 aromatic carbocycles. The third kappa shape index (κ3) is 6.39. The maximum atomic E-state index is 13.7. The van der Waals surface area contributed by atoms with Gasteiger partial charge in [0.1, 0.15) is 11.6 Å². The van der Waals surface area contributed by atoms with Crippen LogP contribution in [0.15, 0.2) is 23.2 Å². The molecule has 1 rings (SSSR count). The SMILES string of the molecule is CCNC(=NCC(C)c1ccc(F)cc1F)NCCOCC. The Kier molecular flexibility index (Phi) is 8.43. The van der Waals surface area contributed by atoms with E-state index in [2.05, 4.69) is 15.6 Å². The molecule has 0 aromatic heterocycles. The maximum Gasteiger partial charge on any atom is 0.191 e. The fraction of sp³-hybridized carbons (Fsp3) is 0.562. The van der Waals surface area contributed by atoms with Crippen LogP contribution in [0.2, 0.25) is 0 Å². The van der Waals surface area contributed by atoms with Crippen molar-refractivity contribution in [2.75, 3.05) is 32.8 Å². The number of rotatable bonds is 8. The van der Waals surface area contributed by atoms with Crippen molar-refractivity contribution in [2.24, 2.45) is 4.99 Å².